The van der Waals surface area contributed by atoms with Gasteiger partial charge in [-0.1, -0.05) is 11.6 Å². The lowest BCUT2D eigenvalue weighted by Crippen LogP contribution is -2.38. The van der Waals surface area contributed by atoms with E-state index < -0.39 is 0 Å². The molecule has 2 atom stereocenters. The number of nitrogens with one attached hydrogen (secondary N) is 2. The van der Waals surface area contributed by atoms with Crippen molar-refractivity contribution in [1.29, 1.82) is 0 Å². The van der Waals surface area contributed by atoms with Crippen molar-refractivity contribution in [3.8, 4) is 11.1 Å². The minimum absolute atomic E-state index is 0.415. The van der Waals surface area contributed by atoms with Crippen LogP contribution in [0.2, 0.25) is 5.15 Å². The molecule has 26 heavy (non-hydrogen) atoms. The van der Waals surface area contributed by atoms with Crippen molar-refractivity contribution in [2.75, 3.05) is 19.4 Å². The second-order valence-corrected chi connectivity index (χ2v) is 7.53. The van der Waals surface area contributed by atoms with Gasteiger partial charge in [-0.2, -0.15) is 0 Å². The third kappa shape index (κ3) is 3.52. The van der Waals surface area contributed by atoms with E-state index in [2.05, 4.69) is 44.2 Å². The third-order valence-electron chi connectivity index (χ3n) is 5.14. The smallest absolute Gasteiger partial charge is 0.156 e. The van der Waals surface area contributed by atoms with Crippen LogP contribution >= 0.6 is 11.6 Å². The summed E-state index contributed by atoms with van der Waals surface area (Å²) in [4.78, 5) is 18.7. The van der Waals surface area contributed by atoms with E-state index >= 15 is 0 Å². The Labute approximate surface area is 158 Å². The lowest BCUT2D eigenvalue weighted by molar-refractivity contribution is 0.219. The largest absolute Gasteiger partial charge is 0.367 e. The number of halogens is 1. The molecule has 1 aliphatic rings. The fraction of sp³-hybridized carbons (Fsp3) is 0.421. The first-order valence-electron chi connectivity index (χ1n) is 8.99. The molecule has 1 aliphatic carbocycles. The van der Waals surface area contributed by atoms with Gasteiger partial charge in [-0.25, -0.2) is 9.97 Å². The molecule has 1 saturated carbocycles. The first kappa shape index (κ1) is 17.2. The van der Waals surface area contributed by atoms with E-state index in [0.29, 0.717) is 17.2 Å². The van der Waals surface area contributed by atoms with E-state index in [1.54, 1.807) is 12.4 Å². The van der Waals surface area contributed by atoms with Gasteiger partial charge in [0.25, 0.3) is 0 Å². The summed E-state index contributed by atoms with van der Waals surface area (Å²) in [5.41, 5.74) is 3.58. The van der Waals surface area contributed by atoms with Crippen molar-refractivity contribution in [1.82, 2.24) is 24.8 Å². The van der Waals surface area contributed by atoms with E-state index in [-0.39, 0.29) is 0 Å². The molecule has 0 aliphatic heterocycles. The minimum atomic E-state index is 0.415. The number of aromatic amines is 1. The quantitative estimate of drug-likeness (QED) is 0.680. The molecule has 6 nitrogen and oxygen atoms in total. The number of rotatable bonds is 4. The maximum absolute atomic E-state index is 6.31. The van der Waals surface area contributed by atoms with Crippen molar-refractivity contribution in [2.45, 2.75) is 37.8 Å². The fourth-order valence-corrected chi connectivity index (χ4v) is 3.98. The number of hydrogen-bond donors (Lipinski definition) is 2. The van der Waals surface area contributed by atoms with E-state index in [4.69, 9.17) is 11.6 Å². The van der Waals surface area contributed by atoms with Crippen molar-refractivity contribution >= 4 is 28.6 Å². The fourth-order valence-electron chi connectivity index (χ4n) is 3.77. The van der Waals surface area contributed by atoms with Gasteiger partial charge in [0.05, 0.1) is 0 Å². The van der Waals surface area contributed by atoms with Gasteiger partial charge in [-0.3, -0.25) is 4.98 Å². The minimum Gasteiger partial charge on any atom is -0.367 e. The highest BCUT2D eigenvalue weighted by molar-refractivity contribution is 6.29. The average molecular weight is 371 g/mol. The Kier molecular flexibility index (Phi) is 4.78. The molecule has 1 fully saturated rings. The zero-order chi connectivity index (χ0) is 18.1. The van der Waals surface area contributed by atoms with Gasteiger partial charge in [-0.05, 0) is 57.5 Å². The number of H-pyrrole nitrogens is 1. The Balaban J connectivity index is 1.60. The second-order valence-electron chi connectivity index (χ2n) is 7.14. The van der Waals surface area contributed by atoms with Gasteiger partial charge >= 0.3 is 0 Å². The molecule has 3 heterocycles. The standard InChI is InChI=1S/C19H23ClN6/c1-26(2)14-5-3-4-13(10-14)24-17-9-12(8-16(20)25-17)15-11-23-19-18(15)21-6-7-22-19/h6-9,11,13-14H,3-5,10H2,1-2H3,(H,22,23)(H,24,25). The molecule has 136 valence electrons. The van der Waals surface area contributed by atoms with Gasteiger partial charge in [-0.15, -0.1) is 0 Å². The molecule has 0 spiro atoms. The van der Waals surface area contributed by atoms with Crippen LogP contribution in [0.1, 0.15) is 25.7 Å². The Hall–Kier alpha value is -2.18. The molecule has 0 amide bonds. The predicted molar refractivity (Wildman–Crippen MR) is 105 cm³/mol. The highest BCUT2D eigenvalue weighted by Crippen LogP contribution is 2.31. The molecule has 2 unspecified atom stereocenters. The Bertz CT molecular complexity index is 906. The number of fused-ring (bicyclic) bond motifs is 1. The van der Waals surface area contributed by atoms with Crippen molar-refractivity contribution in [3.05, 3.63) is 35.9 Å². The molecule has 7 heteroatoms. The summed E-state index contributed by atoms with van der Waals surface area (Å²) in [6.07, 6.45) is 10.1. The molecule has 3 aromatic heterocycles. The lowest BCUT2D eigenvalue weighted by Gasteiger charge is -2.34. The number of pyridine rings is 1. The SMILES string of the molecule is CN(C)C1CCCC(Nc2cc(-c3c[nH]c4nccnc34)cc(Cl)n2)C1. The zero-order valence-electron chi connectivity index (χ0n) is 15.0. The summed E-state index contributed by atoms with van der Waals surface area (Å²) in [5.74, 6) is 0.815. The van der Waals surface area contributed by atoms with Crippen LogP contribution < -0.4 is 5.32 Å². The third-order valence-corrected chi connectivity index (χ3v) is 5.33. The van der Waals surface area contributed by atoms with Crippen LogP contribution in [0, 0.1) is 0 Å². The summed E-state index contributed by atoms with van der Waals surface area (Å²) in [5, 5.41) is 4.06. The van der Waals surface area contributed by atoms with Crippen LogP contribution in [-0.4, -0.2) is 51.0 Å². The van der Waals surface area contributed by atoms with Crippen LogP contribution in [0.15, 0.2) is 30.7 Å². The van der Waals surface area contributed by atoms with Crippen LogP contribution in [0.4, 0.5) is 5.82 Å². The van der Waals surface area contributed by atoms with Gasteiger partial charge in [0, 0.05) is 36.2 Å². The highest BCUT2D eigenvalue weighted by Gasteiger charge is 2.23. The van der Waals surface area contributed by atoms with Gasteiger partial charge < -0.3 is 15.2 Å². The Morgan fingerprint density at radius 3 is 2.88 bits per heavy atom. The summed E-state index contributed by atoms with van der Waals surface area (Å²) in [7, 11) is 4.31. The molecule has 3 aromatic rings. The van der Waals surface area contributed by atoms with E-state index in [1.807, 2.05) is 18.3 Å². The van der Waals surface area contributed by atoms with Crippen LogP contribution in [0.3, 0.4) is 0 Å². The Morgan fingerprint density at radius 1 is 1.19 bits per heavy atom. The number of nitrogens with zero attached hydrogens (tertiary/aromatic N) is 4. The molecule has 0 aromatic carbocycles. The van der Waals surface area contributed by atoms with E-state index in [1.165, 1.54) is 12.8 Å². The van der Waals surface area contributed by atoms with Crippen molar-refractivity contribution in [2.24, 2.45) is 0 Å². The lowest BCUT2D eigenvalue weighted by atomic mass is 9.90. The molecular formula is C19H23ClN6. The average Bonchev–Trinajstić information content (AvgIpc) is 3.05. The van der Waals surface area contributed by atoms with Crippen molar-refractivity contribution < 1.29 is 0 Å². The van der Waals surface area contributed by atoms with Gasteiger partial charge in [0.2, 0.25) is 0 Å². The van der Waals surface area contributed by atoms with Gasteiger partial charge in [0.15, 0.2) is 5.65 Å². The molecule has 0 radical (unpaired) electrons. The predicted octanol–water partition coefficient (Wildman–Crippen LogP) is 3.96. The van der Waals surface area contributed by atoms with Crippen LogP contribution in [0.5, 0.6) is 0 Å². The first-order chi connectivity index (χ1) is 12.6. The number of aromatic nitrogens is 4. The van der Waals surface area contributed by atoms with E-state index in [9.17, 15) is 0 Å². The second kappa shape index (κ2) is 7.21. The summed E-state index contributed by atoms with van der Waals surface area (Å²) in [6.45, 7) is 0. The monoisotopic (exact) mass is 370 g/mol. The van der Waals surface area contributed by atoms with Crippen LogP contribution in [0.25, 0.3) is 22.3 Å². The summed E-state index contributed by atoms with van der Waals surface area (Å²) < 4.78 is 0. The Morgan fingerprint density at radius 2 is 2.04 bits per heavy atom. The molecular weight excluding hydrogens is 348 g/mol. The first-order valence-corrected chi connectivity index (χ1v) is 9.37. The highest BCUT2D eigenvalue weighted by atomic mass is 35.5. The molecule has 2 N–H and O–H groups in total. The van der Waals surface area contributed by atoms with Crippen LogP contribution in [-0.2, 0) is 0 Å². The van der Waals surface area contributed by atoms with Crippen molar-refractivity contribution in [3.63, 3.8) is 0 Å². The number of hydrogen-bond acceptors (Lipinski definition) is 5. The zero-order valence-corrected chi connectivity index (χ0v) is 15.8. The summed E-state index contributed by atoms with van der Waals surface area (Å²) in [6, 6.07) is 4.94. The number of anilines is 1. The molecule has 4 rings (SSSR count). The molecule has 0 bridgehead atoms. The summed E-state index contributed by atoms with van der Waals surface area (Å²) >= 11 is 6.31. The van der Waals surface area contributed by atoms with E-state index in [0.717, 1.165) is 41.0 Å². The maximum Gasteiger partial charge on any atom is 0.156 e. The normalized spacial score (nSPS) is 20.6. The topological polar surface area (TPSA) is 69.7 Å². The molecule has 0 saturated heterocycles. The maximum atomic E-state index is 6.31. The van der Waals surface area contributed by atoms with Gasteiger partial charge in [0.1, 0.15) is 16.5 Å².